The average molecular weight is 178 g/mol. The average Bonchev–Trinajstić information content (AvgIpc) is 2.41. The van der Waals surface area contributed by atoms with E-state index >= 15 is 0 Å². The standard InChI is InChI=1S/C4H6N2.CH5O3P/c1-6-3-2-5-4-6;1-4-5(2)3/h2-4H,1H3;5H,1H3,(H,2,3). The van der Waals surface area contributed by atoms with Crippen LogP contribution in [0, 0.1) is 0 Å². The van der Waals surface area contributed by atoms with Gasteiger partial charge in [0.15, 0.2) is 0 Å². The molecule has 1 rings (SSSR count). The SMILES string of the molecule is CO[PH](=O)[O-].C[n+]1cc[nH]c1. The molecule has 1 atom stereocenters. The minimum Gasteiger partial charge on any atom is -0.781 e. The van der Waals surface area contributed by atoms with Crippen LogP contribution in [0.4, 0.5) is 0 Å². The van der Waals surface area contributed by atoms with Crippen molar-refractivity contribution in [1.29, 1.82) is 0 Å². The van der Waals surface area contributed by atoms with Gasteiger partial charge in [0.25, 0.3) is 0 Å². The number of rotatable bonds is 1. The van der Waals surface area contributed by atoms with Crippen LogP contribution in [0.2, 0.25) is 0 Å². The first kappa shape index (κ1) is 10.4. The highest BCUT2D eigenvalue weighted by Crippen LogP contribution is 2.02. The van der Waals surface area contributed by atoms with Crippen molar-refractivity contribution in [3.05, 3.63) is 18.7 Å². The molecule has 1 N–H and O–H groups in total. The molecule has 0 amide bonds. The predicted octanol–water partition coefficient (Wildman–Crippen LogP) is -0.778. The molecule has 1 heterocycles. The zero-order chi connectivity index (χ0) is 8.69. The molecule has 5 nitrogen and oxygen atoms in total. The minimum absolute atomic E-state index is 1.12. The van der Waals surface area contributed by atoms with Crippen LogP contribution in [0.1, 0.15) is 0 Å². The second-order valence-electron chi connectivity index (χ2n) is 1.73. The van der Waals surface area contributed by atoms with Gasteiger partial charge in [-0.25, -0.2) is 4.57 Å². The summed E-state index contributed by atoms with van der Waals surface area (Å²) in [5.41, 5.74) is 0. The van der Waals surface area contributed by atoms with Gasteiger partial charge in [-0.1, -0.05) is 0 Å². The van der Waals surface area contributed by atoms with Crippen molar-refractivity contribution in [2.45, 2.75) is 0 Å². The van der Waals surface area contributed by atoms with Crippen LogP contribution in [0.25, 0.3) is 0 Å². The monoisotopic (exact) mass is 178 g/mol. The Labute approximate surface area is 65.6 Å². The molecule has 0 radical (unpaired) electrons. The van der Waals surface area contributed by atoms with Crippen molar-refractivity contribution in [2.75, 3.05) is 7.11 Å². The molecule has 1 unspecified atom stereocenters. The van der Waals surface area contributed by atoms with E-state index in [0.29, 0.717) is 0 Å². The van der Waals surface area contributed by atoms with E-state index in [1.807, 2.05) is 30.3 Å². The lowest BCUT2D eigenvalue weighted by molar-refractivity contribution is -0.670. The molecule has 11 heavy (non-hydrogen) atoms. The van der Waals surface area contributed by atoms with Crippen molar-refractivity contribution in [1.82, 2.24) is 4.98 Å². The van der Waals surface area contributed by atoms with Crippen LogP contribution in [0.15, 0.2) is 18.7 Å². The highest BCUT2D eigenvalue weighted by Gasteiger charge is 1.78. The number of aromatic amines is 1. The molecule has 0 aliphatic heterocycles. The van der Waals surface area contributed by atoms with Gasteiger partial charge in [0.1, 0.15) is 20.6 Å². The van der Waals surface area contributed by atoms with Crippen LogP contribution in [0.5, 0.6) is 0 Å². The third-order valence-corrected chi connectivity index (χ3v) is 1.18. The lowest BCUT2D eigenvalue weighted by Gasteiger charge is -1.95. The quantitative estimate of drug-likeness (QED) is 0.453. The molecule has 6 heteroatoms. The van der Waals surface area contributed by atoms with Crippen molar-refractivity contribution >= 4 is 8.25 Å². The van der Waals surface area contributed by atoms with Gasteiger partial charge in [-0.2, -0.15) is 0 Å². The smallest absolute Gasteiger partial charge is 0.241 e. The molecular formula is C5H11N2O3P. The second-order valence-corrected chi connectivity index (χ2v) is 2.64. The summed E-state index contributed by atoms with van der Waals surface area (Å²) in [6.07, 6.45) is 5.69. The van der Waals surface area contributed by atoms with Crippen molar-refractivity contribution in [3.8, 4) is 0 Å². The van der Waals surface area contributed by atoms with Gasteiger partial charge in [0.2, 0.25) is 6.33 Å². The van der Waals surface area contributed by atoms with Gasteiger partial charge in [-0.15, -0.1) is 0 Å². The minimum atomic E-state index is -2.87. The van der Waals surface area contributed by atoms with Gasteiger partial charge >= 0.3 is 0 Å². The maximum absolute atomic E-state index is 9.22. The topological polar surface area (TPSA) is 69.0 Å². The Morgan fingerprint density at radius 2 is 2.27 bits per heavy atom. The highest BCUT2D eigenvalue weighted by molar-refractivity contribution is 7.30. The number of nitrogens with one attached hydrogen (secondary N) is 1. The van der Waals surface area contributed by atoms with E-state index in [1.54, 1.807) is 0 Å². The summed E-state index contributed by atoms with van der Waals surface area (Å²) >= 11 is 0. The fraction of sp³-hybridized carbons (Fsp3) is 0.400. The first-order valence-electron chi connectivity index (χ1n) is 2.89. The first-order valence-corrected chi connectivity index (χ1v) is 4.12. The molecule has 64 valence electrons. The Hall–Kier alpha value is -0.640. The Bertz CT molecular complexity index is 200. The summed E-state index contributed by atoms with van der Waals surface area (Å²) in [7, 11) is 0.214. The predicted molar refractivity (Wildman–Crippen MR) is 38.0 cm³/mol. The maximum Gasteiger partial charge on any atom is 0.241 e. The van der Waals surface area contributed by atoms with Crippen molar-refractivity contribution in [3.63, 3.8) is 0 Å². The lowest BCUT2D eigenvalue weighted by atomic mass is 10.9. The van der Waals surface area contributed by atoms with E-state index in [9.17, 15) is 9.46 Å². The highest BCUT2D eigenvalue weighted by atomic mass is 31.1. The van der Waals surface area contributed by atoms with Gasteiger partial charge in [-0.3, -0.25) is 4.98 Å². The Kier molecular flexibility index (Phi) is 5.74. The normalized spacial score (nSPS) is 11.5. The number of hydrogen-bond acceptors (Lipinski definition) is 3. The Balaban J connectivity index is 0.000000187. The third kappa shape index (κ3) is 7.25. The molecule has 1 aromatic heterocycles. The third-order valence-electron chi connectivity index (χ3n) is 0.851. The fourth-order valence-corrected chi connectivity index (χ4v) is 0.364. The molecule has 0 aromatic carbocycles. The van der Waals surface area contributed by atoms with Crippen molar-refractivity contribution in [2.24, 2.45) is 7.05 Å². The number of hydrogen-bond donors (Lipinski definition) is 1. The first-order chi connectivity index (χ1) is 5.16. The van der Waals surface area contributed by atoms with Crippen LogP contribution in [-0.4, -0.2) is 12.1 Å². The van der Waals surface area contributed by atoms with Crippen LogP contribution >= 0.6 is 8.25 Å². The Morgan fingerprint density at radius 1 is 1.73 bits per heavy atom. The van der Waals surface area contributed by atoms with Gasteiger partial charge in [0, 0.05) is 7.11 Å². The molecule has 0 aliphatic carbocycles. The number of imidazole rings is 1. The number of aromatic nitrogens is 2. The second kappa shape index (κ2) is 6.09. The molecular weight excluding hydrogens is 167 g/mol. The summed E-state index contributed by atoms with van der Waals surface area (Å²) in [5, 5.41) is 0. The number of aryl methyl sites for hydroxylation is 1. The van der Waals surface area contributed by atoms with E-state index < -0.39 is 8.25 Å². The van der Waals surface area contributed by atoms with Crippen LogP contribution in [-0.2, 0) is 16.1 Å². The molecule has 0 spiro atoms. The number of H-pyrrole nitrogens is 1. The van der Waals surface area contributed by atoms with E-state index in [4.69, 9.17) is 0 Å². The Morgan fingerprint density at radius 3 is 2.36 bits per heavy atom. The zero-order valence-electron chi connectivity index (χ0n) is 6.40. The molecule has 1 aromatic rings. The molecule has 0 saturated heterocycles. The fourth-order valence-electron chi connectivity index (χ4n) is 0.364. The summed E-state index contributed by atoms with van der Waals surface area (Å²) in [6.45, 7) is 0. The van der Waals surface area contributed by atoms with Gasteiger partial charge < -0.3 is 14.0 Å². The summed E-state index contributed by atoms with van der Waals surface area (Å²) in [6, 6.07) is 0. The maximum atomic E-state index is 9.22. The summed E-state index contributed by atoms with van der Waals surface area (Å²) in [4.78, 5) is 12.1. The molecule has 0 saturated carbocycles. The molecule has 0 fully saturated rings. The number of nitrogens with zero attached hydrogens (tertiary/aromatic N) is 1. The van der Waals surface area contributed by atoms with E-state index in [1.165, 1.54) is 0 Å². The summed E-state index contributed by atoms with van der Waals surface area (Å²) in [5.74, 6) is 0. The van der Waals surface area contributed by atoms with E-state index in [0.717, 1.165) is 7.11 Å². The molecule has 0 bridgehead atoms. The van der Waals surface area contributed by atoms with Crippen LogP contribution < -0.4 is 9.46 Å². The van der Waals surface area contributed by atoms with E-state index in [2.05, 4.69) is 9.51 Å². The largest absolute Gasteiger partial charge is 0.781 e. The van der Waals surface area contributed by atoms with Crippen molar-refractivity contribution < 1.29 is 18.5 Å². The zero-order valence-corrected chi connectivity index (χ0v) is 7.40. The molecule has 0 aliphatic rings. The van der Waals surface area contributed by atoms with Gasteiger partial charge in [-0.05, 0) is 0 Å². The summed E-state index contributed by atoms with van der Waals surface area (Å²) < 4.78 is 14.9. The van der Waals surface area contributed by atoms with Crippen LogP contribution in [0.3, 0.4) is 0 Å². The lowest BCUT2D eigenvalue weighted by Crippen LogP contribution is -2.22. The van der Waals surface area contributed by atoms with Gasteiger partial charge in [0.05, 0.1) is 7.05 Å². The van der Waals surface area contributed by atoms with E-state index in [-0.39, 0.29) is 0 Å².